The van der Waals surface area contributed by atoms with Gasteiger partial charge in [-0.05, 0) is 67.1 Å². The fraction of sp³-hybridized carbons (Fsp3) is 0.643. The van der Waals surface area contributed by atoms with Gasteiger partial charge in [0, 0.05) is 12.6 Å². The molecule has 2 heterocycles. The van der Waals surface area contributed by atoms with E-state index < -0.39 is 34.3 Å². The first-order chi connectivity index (χ1) is 17.6. The lowest BCUT2D eigenvalue weighted by Gasteiger charge is -2.51. The molecule has 1 aliphatic heterocycles. The highest BCUT2D eigenvalue weighted by atomic mass is 19.3. The topological polar surface area (TPSA) is 94.3 Å². The third kappa shape index (κ3) is 5.07. The first kappa shape index (κ1) is 28.1. The zero-order valence-electron chi connectivity index (χ0n) is 23.2. The summed E-state index contributed by atoms with van der Waals surface area (Å²) < 4.78 is 53.8. The quantitative estimate of drug-likeness (QED) is 0.460. The van der Waals surface area contributed by atoms with Crippen molar-refractivity contribution in [1.82, 2.24) is 10.1 Å². The molecule has 38 heavy (non-hydrogen) atoms. The van der Waals surface area contributed by atoms with Crippen molar-refractivity contribution in [3.63, 3.8) is 0 Å². The molecule has 1 aromatic heterocycles. The van der Waals surface area contributed by atoms with Crippen LogP contribution in [0.25, 0.3) is 0 Å². The summed E-state index contributed by atoms with van der Waals surface area (Å²) in [5, 5.41) is 15.3. The number of nitrogens with zero attached hydrogens (tertiary/aromatic N) is 2. The Bertz CT molecular complexity index is 1180. The predicted molar refractivity (Wildman–Crippen MR) is 136 cm³/mol. The van der Waals surface area contributed by atoms with Crippen LogP contribution in [0.4, 0.5) is 8.78 Å². The zero-order chi connectivity index (χ0) is 28.1. The van der Waals surface area contributed by atoms with Crippen LogP contribution < -0.4 is 14.2 Å². The lowest BCUT2D eigenvalue weighted by atomic mass is 9.58. The molecule has 0 radical (unpaired) electrons. The maximum absolute atomic E-state index is 15.9. The number of rotatable bonds is 7. The molecule has 1 N–H and O–H groups in total. The average Bonchev–Trinajstić information content (AvgIpc) is 3.42. The molecular formula is C28H38F2N2O6. The summed E-state index contributed by atoms with van der Waals surface area (Å²) in [6, 6.07) is 4.25. The van der Waals surface area contributed by atoms with Crippen LogP contribution in [-0.2, 0) is 4.79 Å². The minimum absolute atomic E-state index is 0.133. The van der Waals surface area contributed by atoms with Gasteiger partial charge < -0.3 is 28.7 Å². The van der Waals surface area contributed by atoms with E-state index in [4.69, 9.17) is 18.7 Å². The number of aliphatic hydroxyl groups is 1. The summed E-state index contributed by atoms with van der Waals surface area (Å²) >= 11 is 0. The van der Waals surface area contributed by atoms with Gasteiger partial charge in [-0.15, -0.1) is 0 Å². The number of alkyl halides is 2. The van der Waals surface area contributed by atoms with E-state index in [9.17, 15) is 9.90 Å². The van der Waals surface area contributed by atoms with Gasteiger partial charge in [0.15, 0.2) is 17.3 Å². The SMILES string of the molecule is COc1ccc(Oc2noc([C@@H]3CCCN3C(=O)C(F)(F)C3(O)CC(C)(C)CC(C)(C)C3)c2C)cc1OC. The molecule has 1 saturated carbocycles. The Balaban J connectivity index is 1.58. The second kappa shape index (κ2) is 9.70. The molecule has 4 rings (SSSR count). The molecular weight excluding hydrogens is 498 g/mol. The lowest BCUT2D eigenvalue weighted by Crippen LogP contribution is -2.62. The van der Waals surface area contributed by atoms with Gasteiger partial charge in [0.2, 0.25) is 0 Å². The number of aromatic nitrogens is 1. The maximum atomic E-state index is 15.9. The first-order valence-electron chi connectivity index (χ1n) is 12.9. The highest BCUT2D eigenvalue weighted by molar-refractivity contribution is 5.85. The van der Waals surface area contributed by atoms with Gasteiger partial charge >= 0.3 is 5.92 Å². The van der Waals surface area contributed by atoms with E-state index in [1.54, 1.807) is 25.1 Å². The number of benzene rings is 1. The number of hydrogen-bond donors (Lipinski definition) is 1. The van der Waals surface area contributed by atoms with E-state index in [0.717, 1.165) is 4.90 Å². The molecule has 8 nitrogen and oxygen atoms in total. The first-order valence-corrected chi connectivity index (χ1v) is 12.9. The van der Waals surface area contributed by atoms with Crippen molar-refractivity contribution in [2.75, 3.05) is 20.8 Å². The normalized spacial score (nSPS) is 22.3. The number of carbonyl (C=O) groups excluding carboxylic acids is 1. The Morgan fingerprint density at radius 1 is 1.11 bits per heavy atom. The number of ether oxygens (including phenoxy) is 3. The molecule has 1 atom stereocenters. The summed E-state index contributed by atoms with van der Waals surface area (Å²) in [6.07, 6.45) is 1.31. The van der Waals surface area contributed by atoms with Gasteiger partial charge in [0.1, 0.15) is 11.4 Å². The van der Waals surface area contributed by atoms with E-state index in [1.807, 2.05) is 27.7 Å². The molecule has 1 amide bonds. The number of halogens is 2. The average molecular weight is 537 g/mol. The number of carbonyl (C=O) groups is 1. The van der Waals surface area contributed by atoms with E-state index in [2.05, 4.69) is 5.16 Å². The van der Waals surface area contributed by atoms with Crippen molar-refractivity contribution in [3.05, 3.63) is 29.5 Å². The predicted octanol–water partition coefficient (Wildman–Crippen LogP) is 6.06. The molecule has 2 fully saturated rings. The minimum Gasteiger partial charge on any atom is -0.493 e. The van der Waals surface area contributed by atoms with E-state index in [1.165, 1.54) is 14.2 Å². The second-order valence-electron chi connectivity index (χ2n) is 12.2. The Kier molecular flexibility index (Phi) is 7.18. The Labute approximate surface area is 222 Å². The van der Waals surface area contributed by atoms with Crippen LogP contribution in [0.5, 0.6) is 23.1 Å². The fourth-order valence-corrected chi connectivity index (χ4v) is 6.68. The molecule has 1 aliphatic carbocycles. The molecule has 10 heteroatoms. The van der Waals surface area contributed by atoms with Gasteiger partial charge in [-0.2, -0.15) is 8.78 Å². The van der Waals surface area contributed by atoms with Gasteiger partial charge in [-0.3, -0.25) is 4.79 Å². The van der Waals surface area contributed by atoms with Crippen molar-refractivity contribution >= 4 is 5.91 Å². The smallest absolute Gasteiger partial charge is 0.352 e. The highest BCUT2D eigenvalue weighted by Crippen LogP contribution is 2.55. The number of amides is 1. The zero-order valence-corrected chi connectivity index (χ0v) is 23.2. The standard InChI is InChI=1S/C28H38F2N2O6/c1-17-22(38-31-23(17)37-18-10-11-20(35-6)21(13-18)36-7)19-9-8-12-32(19)24(33)28(29,30)27(34)15-25(2,3)14-26(4,5)16-27/h10-11,13,19,34H,8-9,12,14-16H2,1-7H3/t19-/m0/s1. The van der Waals surface area contributed by atoms with E-state index in [0.29, 0.717) is 47.8 Å². The molecule has 2 aromatic rings. The minimum atomic E-state index is -3.96. The number of likely N-dealkylation sites (tertiary alicyclic amines) is 1. The summed E-state index contributed by atoms with van der Waals surface area (Å²) in [5.41, 5.74) is -3.02. The van der Waals surface area contributed by atoms with E-state index >= 15 is 8.78 Å². The van der Waals surface area contributed by atoms with Gasteiger partial charge in [0.05, 0.1) is 25.8 Å². The summed E-state index contributed by atoms with van der Waals surface area (Å²) in [5.74, 6) is -3.48. The van der Waals surface area contributed by atoms with Crippen molar-refractivity contribution in [1.29, 1.82) is 0 Å². The van der Waals surface area contributed by atoms with Gasteiger partial charge in [0.25, 0.3) is 11.8 Å². The molecule has 0 bridgehead atoms. The largest absolute Gasteiger partial charge is 0.493 e. The molecule has 1 aromatic carbocycles. The van der Waals surface area contributed by atoms with Crippen LogP contribution in [0, 0.1) is 17.8 Å². The van der Waals surface area contributed by atoms with E-state index in [-0.39, 0.29) is 25.3 Å². The Morgan fingerprint density at radius 3 is 2.34 bits per heavy atom. The summed E-state index contributed by atoms with van der Waals surface area (Å²) in [7, 11) is 3.04. The van der Waals surface area contributed by atoms with Crippen LogP contribution in [0.2, 0.25) is 0 Å². The number of hydrogen-bond acceptors (Lipinski definition) is 7. The monoisotopic (exact) mass is 536 g/mol. The molecule has 210 valence electrons. The number of methoxy groups -OCH3 is 2. The Hall–Kier alpha value is -2.88. The summed E-state index contributed by atoms with van der Waals surface area (Å²) in [4.78, 5) is 14.5. The third-order valence-electron chi connectivity index (χ3n) is 7.66. The van der Waals surface area contributed by atoms with Crippen molar-refractivity contribution < 1.29 is 37.4 Å². The van der Waals surface area contributed by atoms with Crippen LogP contribution in [0.3, 0.4) is 0 Å². The van der Waals surface area contributed by atoms with Crippen LogP contribution in [0.1, 0.15) is 77.2 Å². The molecule has 1 saturated heterocycles. The third-order valence-corrected chi connectivity index (χ3v) is 7.66. The molecule has 2 aliphatic rings. The lowest BCUT2D eigenvalue weighted by molar-refractivity contribution is -0.231. The van der Waals surface area contributed by atoms with Crippen LogP contribution in [-0.4, -0.2) is 53.4 Å². The van der Waals surface area contributed by atoms with Crippen molar-refractivity contribution in [2.45, 2.75) is 84.3 Å². The van der Waals surface area contributed by atoms with Gasteiger partial charge in [-0.1, -0.05) is 27.7 Å². The summed E-state index contributed by atoms with van der Waals surface area (Å²) in [6.45, 7) is 9.27. The molecule has 0 unspecified atom stereocenters. The maximum Gasteiger partial charge on any atom is 0.352 e. The van der Waals surface area contributed by atoms with Crippen molar-refractivity contribution in [3.8, 4) is 23.1 Å². The van der Waals surface area contributed by atoms with Crippen LogP contribution in [0.15, 0.2) is 22.7 Å². The Morgan fingerprint density at radius 2 is 1.74 bits per heavy atom. The van der Waals surface area contributed by atoms with Gasteiger partial charge in [-0.25, -0.2) is 0 Å². The fourth-order valence-electron chi connectivity index (χ4n) is 6.68. The second-order valence-corrected chi connectivity index (χ2v) is 12.2. The van der Waals surface area contributed by atoms with Crippen LogP contribution >= 0.6 is 0 Å². The van der Waals surface area contributed by atoms with Crippen molar-refractivity contribution in [2.24, 2.45) is 10.8 Å². The molecule has 0 spiro atoms. The highest BCUT2D eigenvalue weighted by Gasteiger charge is 2.65.